The van der Waals surface area contributed by atoms with Crippen molar-refractivity contribution in [3.8, 4) is 11.3 Å². The molecule has 0 saturated heterocycles. The maximum atomic E-state index is 14.4. The molecule has 0 fully saturated rings. The quantitative estimate of drug-likeness (QED) is 0.486. The molecule has 1 aromatic heterocycles. The number of nitrogens with one attached hydrogen (secondary N) is 1. The second kappa shape index (κ2) is 7.77. The summed E-state index contributed by atoms with van der Waals surface area (Å²) in [5.41, 5.74) is -0.997. The Balaban J connectivity index is 1.86. The molecule has 0 spiro atoms. The molecule has 0 unspecified atom stereocenters. The van der Waals surface area contributed by atoms with Crippen LogP contribution in [0.2, 0.25) is 10.0 Å². The van der Waals surface area contributed by atoms with E-state index in [9.17, 15) is 22.4 Å². The minimum atomic E-state index is -4.67. The van der Waals surface area contributed by atoms with Crippen LogP contribution in [-0.4, -0.2) is 10.9 Å². The first kappa shape index (κ1) is 20.1. The second-order valence-electron chi connectivity index (χ2n) is 5.67. The van der Waals surface area contributed by atoms with E-state index in [1.807, 2.05) is 0 Å². The summed E-state index contributed by atoms with van der Waals surface area (Å²) in [5, 5.41) is 2.03. The van der Waals surface area contributed by atoms with E-state index in [0.717, 1.165) is 12.1 Å². The zero-order valence-corrected chi connectivity index (χ0v) is 15.3. The summed E-state index contributed by atoms with van der Waals surface area (Å²) in [4.78, 5) is 16.3. The molecule has 0 aliphatic carbocycles. The van der Waals surface area contributed by atoms with Crippen molar-refractivity contribution in [1.29, 1.82) is 0 Å². The molecule has 0 aliphatic rings. The molecule has 1 N–H and O–H groups in total. The van der Waals surface area contributed by atoms with Crippen LogP contribution in [0.3, 0.4) is 0 Å². The van der Waals surface area contributed by atoms with Crippen LogP contribution in [0.5, 0.6) is 0 Å². The molecular weight excluding hydrogens is 419 g/mol. The van der Waals surface area contributed by atoms with Gasteiger partial charge in [0.15, 0.2) is 0 Å². The van der Waals surface area contributed by atoms with Crippen molar-refractivity contribution in [3.63, 3.8) is 0 Å². The number of hydrogen-bond acceptors (Lipinski definition) is 2. The number of carbonyl (C=O) groups excluding carboxylic acids is 1. The molecule has 9 heteroatoms. The summed E-state index contributed by atoms with van der Waals surface area (Å²) in [5.74, 6) is -1.53. The van der Waals surface area contributed by atoms with Gasteiger partial charge in [0.25, 0.3) is 5.91 Å². The highest BCUT2D eigenvalue weighted by Crippen LogP contribution is 2.36. The lowest BCUT2D eigenvalue weighted by molar-refractivity contribution is -0.137. The van der Waals surface area contributed by atoms with Crippen molar-refractivity contribution in [2.45, 2.75) is 6.18 Å². The number of benzene rings is 2. The number of pyridine rings is 1. The Bertz CT molecular complexity index is 1050. The Morgan fingerprint density at radius 3 is 2.39 bits per heavy atom. The Labute approximate surface area is 166 Å². The third-order valence-electron chi connectivity index (χ3n) is 3.77. The number of alkyl halides is 3. The molecule has 3 aromatic rings. The van der Waals surface area contributed by atoms with Crippen LogP contribution in [0.1, 0.15) is 15.9 Å². The smallest absolute Gasteiger partial charge is 0.322 e. The number of anilines is 1. The maximum absolute atomic E-state index is 14.4. The number of carbonyl (C=O) groups is 1. The van der Waals surface area contributed by atoms with Gasteiger partial charge in [0.1, 0.15) is 5.82 Å². The molecule has 28 heavy (non-hydrogen) atoms. The lowest BCUT2D eigenvalue weighted by atomic mass is 10.1. The van der Waals surface area contributed by atoms with Crippen LogP contribution < -0.4 is 5.32 Å². The summed E-state index contributed by atoms with van der Waals surface area (Å²) < 4.78 is 53.2. The normalized spacial score (nSPS) is 11.4. The number of rotatable bonds is 3. The fraction of sp³-hybridized carbons (Fsp3) is 0.0526. The largest absolute Gasteiger partial charge is 0.417 e. The molecule has 0 radical (unpaired) electrons. The van der Waals surface area contributed by atoms with Gasteiger partial charge in [-0.2, -0.15) is 13.2 Å². The number of hydrogen-bond donors (Lipinski definition) is 1. The number of aromatic nitrogens is 1. The molecule has 2 aromatic carbocycles. The minimum Gasteiger partial charge on any atom is -0.322 e. The van der Waals surface area contributed by atoms with E-state index in [1.165, 1.54) is 24.4 Å². The average Bonchev–Trinajstić information content (AvgIpc) is 2.63. The van der Waals surface area contributed by atoms with E-state index in [2.05, 4.69) is 10.3 Å². The van der Waals surface area contributed by atoms with Gasteiger partial charge < -0.3 is 5.32 Å². The topological polar surface area (TPSA) is 42.0 Å². The van der Waals surface area contributed by atoms with E-state index < -0.39 is 28.5 Å². The Morgan fingerprint density at radius 2 is 1.75 bits per heavy atom. The summed E-state index contributed by atoms with van der Waals surface area (Å²) in [7, 11) is 0. The van der Waals surface area contributed by atoms with Crippen molar-refractivity contribution in [2.75, 3.05) is 5.32 Å². The van der Waals surface area contributed by atoms with Gasteiger partial charge in [-0.05, 0) is 48.5 Å². The summed E-state index contributed by atoms with van der Waals surface area (Å²) in [6, 6.07) is 9.67. The molecule has 0 atom stereocenters. The molecular formula is C19H10Cl2F4N2O. The predicted molar refractivity (Wildman–Crippen MR) is 99.0 cm³/mol. The predicted octanol–water partition coefficient (Wildman–Crippen LogP) is 6.47. The van der Waals surface area contributed by atoms with Gasteiger partial charge in [-0.3, -0.25) is 9.78 Å². The summed E-state index contributed by atoms with van der Waals surface area (Å²) in [6.45, 7) is 0. The zero-order chi connectivity index (χ0) is 20.5. The van der Waals surface area contributed by atoms with Crippen LogP contribution in [0.15, 0.2) is 54.7 Å². The van der Waals surface area contributed by atoms with Crippen molar-refractivity contribution in [2.24, 2.45) is 0 Å². The van der Waals surface area contributed by atoms with Crippen LogP contribution >= 0.6 is 23.2 Å². The fourth-order valence-corrected chi connectivity index (χ4v) is 2.90. The molecule has 3 nitrogen and oxygen atoms in total. The molecule has 1 amide bonds. The molecule has 0 bridgehead atoms. The first-order chi connectivity index (χ1) is 13.2. The van der Waals surface area contributed by atoms with E-state index in [-0.39, 0.29) is 27.5 Å². The monoisotopic (exact) mass is 428 g/mol. The fourth-order valence-electron chi connectivity index (χ4n) is 2.46. The van der Waals surface area contributed by atoms with Crippen molar-refractivity contribution in [1.82, 2.24) is 4.98 Å². The van der Waals surface area contributed by atoms with Crippen molar-refractivity contribution in [3.05, 3.63) is 81.7 Å². The Hall–Kier alpha value is -2.64. The van der Waals surface area contributed by atoms with Crippen molar-refractivity contribution >= 4 is 34.8 Å². The molecule has 144 valence electrons. The van der Waals surface area contributed by atoms with Gasteiger partial charge in [-0.25, -0.2) is 4.39 Å². The van der Waals surface area contributed by atoms with Crippen LogP contribution in [0.25, 0.3) is 11.3 Å². The molecule has 0 saturated carbocycles. The van der Waals surface area contributed by atoms with Gasteiger partial charge in [-0.15, -0.1) is 0 Å². The Morgan fingerprint density at radius 1 is 1.00 bits per heavy atom. The third-order valence-corrected chi connectivity index (χ3v) is 4.41. The van der Waals surface area contributed by atoms with Gasteiger partial charge in [0.05, 0.1) is 21.3 Å². The van der Waals surface area contributed by atoms with E-state index in [4.69, 9.17) is 23.2 Å². The SMILES string of the molecule is O=C(Nc1ccc(Cl)c(C(F)(F)F)c1)c1ccc(-c2ncccc2Cl)c(F)c1. The lowest BCUT2D eigenvalue weighted by Gasteiger charge is -2.12. The second-order valence-corrected chi connectivity index (χ2v) is 6.49. The summed E-state index contributed by atoms with van der Waals surface area (Å²) in [6.07, 6.45) is -3.23. The van der Waals surface area contributed by atoms with Crippen LogP contribution in [0.4, 0.5) is 23.2 Å². The molecule has 1 heterocycles. The first-order valence-corrected chi connectivity index (χ1v) is 8.51. The van der Waals surface area contributed by atoms with E-state index in [0.29, 0.717) is 6.07 Å². The zero-order valence-electron chi connectivity index (χ0n) is 13.8. The van der Waals surface area contributed by atoms with E-state index >= 15 is 0 Å². The standard InChI is InChI=1S/C19H10Cl2F4N2O/c20-14-6-4-11(9-13(14)19(23,24)25)27-18(28)10-3-5-12(16(22)8-10)17-15(21)2-1-7-26-17/h1-9H,(H,27,28). The third kappa shape index (κ3) is 4.26. The van der Waals surface area contributed by atoms with E-state index in [1.54, 1.807) is 12.1 Å². The van der Waals surface area contributed by atoms with Crippen LogP contribution in [0, 0.1) is 5.82 Å². The first-order valence-electron chi connectivity index (χ1n) is 7.75. The van der Waals surface area contributed by atoms with Crippen molar-refractivity contribution < 1.29 is 22.4 Å². The highest BCUT2D eigenvalue weighted by molar-refractivity contribution is 6.33. The minimum absolute atomic E-state index is 0.0863. The molecule has 3 rings (SSSR count). The average molecular weight is 429 g/mol. The maximum Gasteiger partial charge on any atom is 0.417 e. The number of halogens is 6. The summed E-state index contributed by atoms with van der Waals surface area (Å²) >= 11 is 11.5. The number of amides is 1. The van der Waals surface area contributed by atoms with Crippen LogP contribution in [-0.2, 0) is 6.18 Å². The Kier molecular flexibility index (Phi) is 5.58. The highest BCUT2D eigenvalue weighted by Gasteiger charge is 2.33. The lowest BCUT2D eigenvalue weighted by Crippen LogP contribution is -2.14. The van der Waals surface area contributed by atoms with Gasteiger partial charge in [0.2, 0.25) is 0 Å². The van der Waals surface area contributed by atoms with Gasteiger partial charge in [-0.1, -0.05) is 23.2 Å². The van der Waals surface area contributed by atoms with Gasteiger partial charge in [0, 0.05) is 23.0 Å². The molecule has 0 aliphatic heterocycles. The highest BCUT2D eigenvalue weighted by atomic mass is 35.5. The number of nitrogens with zero attached hydrogens (tertiary/aromatic N) is 1. The van der Waals surface area contributed by atoms with Gasteiger partial charge >= 0.3 is 6.18 Å².